The number of hydrogen-bond acceptors (Lipinski definition) is 4. The van der Waals surface area contributed by atoms with E-state index in [2.05, 4.69) is 9.97 Å². The van der Waals surface area contributed by atoms with Gasteiger partial charge in [-0.2, -0.15) is 13.2 Å². The van der Waals surface area contributed by atoms with E-state index in [0.717, 1.165) is 18.3 Å². The summed E-state index contributed by atoms with van der Waals surface area (Å²) in [6.45, 7) is 0.534. The molecule has 0 unspecified atom stereocenters. The van der Waals surface area contributed by atoms with Crippen molar-refractivity contribution in [3.63, 3.8) is 0 Å². The number of H-pyrrole nitrogens is 1. The van der Waals surface area contributed by atoms with Crippen LogP contribution in [0.25, 0.3) is 10.9 Å². The molecule has 10 heteroatoms. The zero-order valence-electron chi connectivity index (χ0n) is 15.6. The highest BCUT2D eigenvalue weighted by atomic mass is 19.4. The van der Waals surface area contributed by atoms with E-state index in [1.54, 1.807) is 24.3 Å². The van der Waals surface area contributed by atoms with Crippen molar-refractivity contribution in [2.24, 2.45) is 0 Å². The van der Waals surface area contributed by atoms with Crippen LogP contribution >= 0.6 is 0 Å². The van der Waals surface area contributed by atoms with Crippen LogP contribution < -0.4 is 11.2 Å². The lowest BCUT2D eigenvalue weighted by Gasteiger charge is -2.32. The van der Waals surface area contributed by atoms with Gasteiger partial charge in [-0.15, -0.1) is 0 Å². The number of aromatic nitrogens is 3. The summed E-state index contributed by atoms with van der Waals surface area (Å²) in [7, 11) is 0. The van der Waals surface area contributed by atoms with Crippen LogP contribution in [-0.2, 0) is 6.18 Å². The molecule has 7 nitrogen and oxygen atoms in total. The quantitative estimate of drug-likeness (QED) is 0.693. The minimum atomic E-state index is -4.57. The number of aromatic amines is 1. The summed E-state index contributed by atoms with van der Waals surface area (Å²) < 4.78 is 39.1. The molecule has 0 bridgehead atoms. The van der Waals surface area contributed by atoms with Gasteiger partial charge in [-0.1, -0.05) is 12.1 Å². The van der Waals surface area contributed by atoms with Crippen molar-refractivity contribution in [2.75, 3.05) is 13.1 Å². The fourth-order valence-electron chi connectivity index (χ4n) is 3.71. The number of halogens is 3. The summed E-state index contributed by atoms with van der Waals surface area (Å²) in [6, 6.07) is 8.23. The van der Waals surface area contributed by atoms with Crippen molar-refractivity contribution >= 4 is 16.8 Å². The Hall–Kier alpha value is -3.43. The Morgan fingerprint density at radius 2 is 1.77 bits per heavy atom. The highest BCUT2D eigenvalue weighted by Gasteiger charge is 2.33. The van der Waals surface area contributed by atoms with Gasteiger partial charge in [0.1, 0.15) is 5.69 Å². The summed E-state index contributed by atoms with van der Waals surface area (Å²) in [4.78, 5) is 45.3. The Labute approximate surface area is 167 Å². The molecule has 0 saturated carbocycles. The number of fused-ring (bicyclic) bond motifs is 1. The van der Waals surface area contributed by atoms with Gasteiger partial charge >= 0.3 is 11.9 Å². The first-order valence-electron chi connectivity index (χ1n) is 9.32. The first kappa shape index (κ1) is 19.9. The summed E-state index contributed by atoms with van der Waals surface area (Å²) in [6.07, 6.45) is -2.90. The lowest BCUT2D eigenvalue weighted by molar-refractivity contribution is -0.141. The number of carbonyl (C=O) groups is 1. The molecule has 4 rings (SSSR count). The number of amides is 1. The Morgan fingerprint density at radius 3 is 2.40 bits per heavy atom. The van der Waals surface area contributed by atoms with Crippen LogP contribution in [0.1, 0.15) is 34.9 Å². The monoisotopic (exact) mass is 418 g/mol. The van der Waals surface area contributed by atoms with Crippen molar-refractivity contribution in [1.29, 1.82) is 0 Å². The van der Waals surface area contributed by atoms with Gasteiger partial charge in [-0.25, -0.2) is 4.79 Å². The van der Waals surface area contributed by atoms with Crippen molar-refractivity contribution in [2.45, 2.75) is 25.1 Å². The topological polar surface area (TPSA) is 88.1 Å². The van der Waals surface area contributed by atoms with Crippen LogP contribution in [0.3, 0.4) is 0 Å². The van der Waals surface area contributed by atoms with Gasteiger partial charge in [0.05, 0.1) is 16.5 Å². The number of carbonyl (C=O) groups excluding carboxylic acids is 1. The number of pyridine rings is 1. The average Bonchev–Trinajstić information content (AvgIpc) is 2.73. The molecule has 3 aromatic rings. The Balaban J connectivity index is 1.50. The number of nitrogens with zero attached hydrogens (tertiary/aromatic N) is 3. The molecule has 1 amide bonds. The average molecular weight is 418 g/mol. The van der Waals surface area contributed by atoms with Gasteiger partial charge in [0.25, 0.3) is 11.5 Å². The number of rotatable bonds is 2. The van der Waals surface area contributed by atoms with Crippen LogP contribution in [0.15, 0.2) is 52.2 Å². The third-order valence-corrected chi connectivity index (χ3v) is 5.25. The van der Waals surface area contributed by atoms with Crippen LogP contribution in [0.4, 0.5) is 13.2 Å². The molecule has 0 aliphatic carbocycles. The second-order valence-electron chi connectivity index (χ2n) is 7.10. The predicted octanol–water partition coefficient (Wildman–Crippen LogP) is 2.58. The second kappa shape index (κ2) is 7.43. The molecule has 1 aromatic carbocycles. The Kier molecular flexibility index (Phi) is 4.92. The molecule has 156 valence electrons. The fourth-order valence-corrected chi connectivity index (χ4v) is 3.71. The third-order valence-electron chi connectivity index (χ3n) is 5.25. The number of piperidine rings is 1. The van der Waals surface area contributed by atoms with Crippen molar-refractivity contribution in [3.8, 4) is 0 Å². The fraction of sp³-hybridized carbons (Fsp3) is 0.300. The van der Waals surface area contributed by atoms with E-state index in [1.807, 2.05) is 0 Å². The SMILES string of the molecule is O=C(c1ccc(C(F)(F)F)nc1)N1CCC(n2c(=O)[nH]c3ccccc3c2=O)CC1. The minimum absolute atomic E-state index is 0.0576. The molecule has 2 aromatic heterocycles. The van der Waals surface area contributed by atoms with Crippen molar-refractivity contribution in [1.82, 2.24) is 19.4 Å². The van der Waals surface area contributed by atoms with Gasteiger partial charge in [0.15, 0.2) is 0 Å². The molecule has 0 spiro atoms. The Morgan fingerprint density at radius 1 is 1.07 bits per heavy atom. The molecular formula is C20H17F3N4O3. The van der Waals surface area contributed by atoms with Gasteiger partial charge in [0, 0.05) is 25.3 Å². The standard InChI is InChI=1S/C20H17F3N4O3/c21-20(22,23)16-6-5-12(11-24-16)17(28)26-9-7-13(8-10-26)27-18(29)14-3-1-2-4-15(14)25-19(27)30/h1-6,11,13H,7-10H2,(H,25,30). The maximum atomic E-state index is 12.8. The van der Waals surface area contributed by atoms with E-state index >= 15 is 0 Å². The lowest BCUT2D eigenvalue weighted by Crippen LogP contribution is -2.45. The second-order valence-corrected chi connectivity index (χ2v) is 7.10. The number of benzene rings is 1. The van der Waals surface area contributed by atoms with E-state index in [0.29, 0.717) is 23.7 Å². The summed E-state index contributed by atoms with van der Waals surface area (Å²) in [5, 5.41) is 0.409. The normalized spacial score (nSPS) is 15.5. The van der Waals surface area contributed by atoms with E-state index in [1.165, 1.54) is 9.47 Å². The molecular weight excluding hydrogens is 401 g/mol. The van der Waals surface area contributed by atoms with Crippen LogP contribution in [0.2, 0.25) is 0 Å². The molecule has 0 atom stereocenters. The zero-order chi connectivity index (χ0) is 21.5. The number of likely N-dealkylation sites (tertiary alicyclic amines) is 1. The number of para-hydroxylation sites is 1. The molecule has 3 heterocycles. The van der Waals surface area contributed by atoms with E-state index in [-0.39, 0.29) is 30.3 Å². The maximum absolute atomic E-state index is 12.8. The van der Waals surface area contributed by atoms with Gasteiger partial charge in [-0.3, -0.25) is 19.1 Å². The lowest BCUT2D eigenvalue weighted by atomic mass is 10.0. The molecule has 1 saturated heterocycles. The van der Waals surface area contributed by atoms with Gasteiger partial charge in [-0.05, 0) is 37.1 Å². The minimum Gasteiger partial charge on any atom is -0.338 e. The van der Waals surface area contributed by atoms with E-state index < -0.39 is 23.5 Å². The first-order valence-corrected chi connectivity index (χ1v) is 9.32. The first-order chi connectivity index (χ1) is 14.3. The molecule has 1 N–H and O–H groups in total. The number of hydrogen-bond donors (Lipinski definition) is 1. The molecule has 1 fully saturated rings. The summed E-state index contributed by atoms with van der Waals surface area (Å²) in [5.41, 5.74) is -1.43. The highest BCUT2D eigenvalue weighted by molar-refractivity contribution is 5.94. The molecule has 0 radical (unpaired) electrons. The molecule has 1 aliphatic heterocycles. The predicted molar refractivity (Wildman–Crippen MR) is 102 cm³/mol. The third kappa shape index (κ3) is 3.60. The Bertz CT molecular complexity index is 1210. The van der Waals surface area contributed by atoms with Gasteiger partial charge in [0.2, 0.25) is 0 Å². The zero-order valence-corrected chi connectivity index (χ0v) is 15.6. The maximum Gasteiger partial charge on any atom is 0.433 e. The largest absolute Gasteiger partial charge is 0.433 e. The molecule has 30 heavy (non-hydrogen) atoms. The smallest absolute Gasteiger partial charge is 0.338 e. The van der Waals surface area contributed by atoms with E-state index in [9.17, 15) is 27.6 Å². The van der Waals surface area contributed by atoms with Crippen LogP contribution in [0.5, 0.6) is 0 Å². The van der Waals surface area contributed by atoms with Crippen LogP contribution in [0, 0.1) is 0 Å². The molecule has 1 aliphatic rings. The van der Waals surface area contributed by atoms with Crippen molar-refractivity contribution in [3.05, 3.63) is 74.7 Å². The summed E-state index contributed by atoms with van der Waals surface area (Å²) in [5.74, 6) is -0.436. The van der Waals surface area contributed by atoms with Crippen LogP contribution in [-0.4, -0.2) is 38.4 Å². The highest BCUT2D eigenvalue weighted by Crippen LogP contribution is 2.28. The summed E-state index contributed by atoms with van der Waals surface area (Å²) >= 11 is 0. The van der Waals surface area contributed by atoms with Gasteiger partial charge < -0.3 is 9.88 Å². The number of alkyl halides is 3. The number of nitrogens with one attached hydrogen (secondary N) is 1. The van der Waals surface area contributed by atoms with E-state index in [4.69, 9.17) is 0 Å². The van der Waals surface area contributed by atoms with Crippen molar-refractivity contribution < 1.29 is 18.0 Å².